The van der Waals surface area contributed by atoms with Crippen LogP contribution in [0.3, 0.4) is 0 Å². The molecule has 1 saturated heterocycles. The summed E-state index contributed by atoms with van der Waals surface area (Å²) in [6.07, 6.45) is 1.43. The molecule has 0 saturated carbocycles. The summed E-state index contributed by atoms with van der Waals surface area (Å²) in [7, 11) is 0. The number of hydrogen-bond acceptors (Lipinski definition) is 6. The minimum absolute atomic E-state index is 0.163. The van der Waals surface area contributed by atoms with E-state index in [0.717, 1.165) is 10.5 Å². The minimum atomic E-state index is -0.818. The number of urea groups is 1. The van der Waals surface area contributed by atoms with Gasteiger partial charge in [0.05, 0.1) is 5.69 Å². The fourth-order valence-electron chi connectivity index (χ4n) is 3.51. The largest absolute Gasteiger partial charge is 0.489 e. The highest BCUT2D eigenvalue weighted by Gasteiger charge is 2.36. The van der Waals surface area contributed by atoms with E-state index < -0.39 is 17.8 Å². The van der Waals surface area contributed by atoms with E-state index in [-0.39, 0.29) is 12.4 Å². The molecule has 5 rings (SSSR count). The molecular formula is C25H17ClN2O6. The number of hydrogen-bond donors (Lipinski definition) is 1. The van der Waals surface area contributed by atoms with Gasteiger partial charge in [0.15, 0.2) is 11.5 Å². The molecular weight excluding hydrogens is 460 g/mol. The molecule has 170 valence electrons. The minimum Gasteiger partial charge on any atom is -0.489 e. The Morgan fingerprint density at radius 3 is 2.44 bits per heavy atom. The molecule has 3 aromatic rings. The molecule has 34 heavy (non-hydrogen) atoms. The molecule has 9 heteroatoms. The normalized spacial score (nSPS) is 16.1. The second-order valence-corrected chi connectivity index (χ2v) is 7.92. The van der Waals surface area contributed by atoms with Crippen LogP contribution >= 0.6 is 11.6 Å². The lowest BCUT2D eigenvalue weighted by atomic mass is 10.1. The quantitative estimate of drug-likeness (QED) is 0.435. The zero-order valence-corrected chi connectivity index (χ0v) is 18.4. The smallest absolute Gasteiger partial charge is 0.335 e. The molecule has 1 N–H and O–H groups in total. The fourth-order valence-corrected chi connectivity index (χ4v) is 3.63. The number of barbiturate groups is 1. The molecule has 2 heterocycles. The van der Waals surface area contributed by atoms with E-state index in [1.807, 2.05) is 18.2 Å². The number of carbonyl (C=O) groups is 3. The molecule has 0 bridgehead atoms. The van der Waals surface area contributed by atoms with Gasteiger partial charge in [0, 0.05) is 5.02 Å². The number of benzene rings is 3. The van der Waals surface area contributed by atoms with Crippen LogP contribution in [0.25, 0.3) is 6.08 Å². The molecule has 0 unspecified atom stereocenters. The topological polar surface area (TPSA) is 94.2 Å². The lowest BCUT2D eigenvalue weighted by molar-refractivity contribution is -0.122. The Morgan fingerprint density at radius 1 is 0.941 bits per heavy atom. The van der Waals surface area contributed by atoms with E-state index >= 15 is 0 Å². The van der Waals surface area contributed by atoms with Crippen LogP contribution in [0.15, 0.2) is 72.3 Å². The average Bonchev–Trinajstić information content (AvgIpc) is 3.30. The molecule has 8 nitrogen and oxygen atoms in total. The third-order valence-corrected chi connectivity index (χ3v) is 5.47. The van der Waals surface area contributed by atoms with E-state index in [4.69, 9.17) is 25.8 Å². The van der Waals surface area contributed by atoms with Gasteiger partial charge in [-0.1, -0.05) is 29.8 Å². The van der Waals surface area contributed by atoms with Crippen molar-refractivity contribution in [1.82, 2.24) is 5.32 Å². The van der Waals surface area contributed by atoms with Crippen LogP contribution in [0, 0.1) is 0 Å². The Kier molecular flexibility index (Phi) is 5.65. The number of carbonyl (C=O) groups excluding carboxylic acids is 3. The molecule has 0 atom stereocenters. The van der Waals surface area contributed by atoms with Crippen LogP contribution in [-0.2, 0) is 16.2 Å². The van der Waals surface area contributed by atoms with Gasteiger partial charge in [-0.25, -0.2) is 9.69 Å². The number of nitrogens with one attached hydrogen (secondary N) is 1. The lowest BCUT2D eigenvalue weighted by Crippen LogP contribution is -2.54. The standard InChI is InChI=1S/C25H17ClN2O6/c26-17-4-6-18(7-5-17)28-24(30)20(23(29)27-25(28)31)11-15-1-8-19(9-2-15)32-13-16-3-10-21-22(12-16)34-14-33-21/h1-12H,13-14H2,(H,27,29,31)/b20-11+. The van der Waals surface area contributed by atoms with E-state index in [1.54, 1.807) is 36.4 Å². The maximum absolute atomic E-state index is 12.9. The van der Waals surface area contributed by atoms with Gasteiger partial charge >= 0.3 is 6.03 Å². The van der Waals surface area contributed by atoms with Gasteiger partial charge in [-0.05, 0) is 65.7 Å². The van der Waals surface area contributed by atoms with Crippen LogP contribution in [0.1, 0.15) is 11.1 Å². The van der Waals surface area contributed by atoms with Gasteiger partial charge in [-0.2, -0.15) is 0 Å². The first-order valence-corrected chi connectivity index (χ1v) is 10.6. The monoisotopic (exact) mass is 476 g/mol. The Bertz CT molecular complexity index is 1320. The summed E-state index contributed by atoms with van der Waals surface area (Å²) in [6, 6.07) is 17.8. The Morgan fingerprint density at radius 2 is 1.68 bits per heavy atom. The number of rotatable bonds is 5. The first kappa shape index (κ1) is 21.5. The second-order valence-electron chi connectivity index (χ2n) is 7.48. The van der Waals surface area contributed by atoms with Crippen molar-refractivity contribution in [2.75, 3.05) is 11.7 Å². The molecule has 0 aromatic heterocycles. The van der Waals surface area contributed by atoms with E-state index in [9.17, 15) is 14.4 Å². The van der Waals surface area contributed by atoms with Gasteiger partial charge in [0.25, 0.3) is 11.8 Å². The molecule has 2 aliphatic heterocycles. The Labute approximate surface area is 199 Å². The number of fused-ring (bicyclic) bond motifs is 1. The number of nitrogens with zero attached hydrogens (tertiary/aromatic N) is 1. The van der Waals surface area contributed by atoms with Crippen molar-refractivity contribution < 1.29 is 28.6 Å². The lowest BCUT2D eigenvalue weighted by Gasteiger charge is -2.26. The summed E-state index contributed by atoms with van der Waals surface area (Å²) >= 11 is 5.88. The molecule has 0 aliphatic carbocycles. The van der Waals surface area contributed by atoms with Gasteiger partial charge in [-0.3, -0.25) is 14.9 Å². The van der Waals surface area contributed by atoms with Crippen LogP contribution in [0.2, 0.25) is 5.02 Å². The van der Waals surface area contributed by atoms with Gasteiger partial charge < -0.3 is 14.2 Å². The van der Waals surface area contributed by atoms with Crippen molar-refractivity contribution in [1.29, 1.82) is 0 Å². The molecule has 1 fully saturated rings. The van der Waals surface area contributed by atoms with Gasteiger partial charge in [0.2, 0.25) is 6.79 Å². The maximum Gasteiger partial charge on any atom is 0.335 e. The zero-order chi connectivity index (χ0) is 23.7. The van der Waals surface area contributed by atoms with E-state index in [1.165, 1.54) is 18.2 Å². The highest BCUT2D eigenvalue weighted by Crippen LogP contribution is 2.33. The fraction of sp³-hybridized carbons (Fsp3) is 0.0800. The summed E-state index contributed by atoms with van der Waals surface area (Å²) in [4.78, 5) is 38.5. The van der Waals surface area contributed by atoms with Crippen LogP contribution in [0.4, 0.5) is 10.5 Å². The molecule has 0 radical (unpaired) electrons. The molecule has 2 aliphatic rings. The predicted octanol–water partition coefficient (Wildman–Crippen LogP) is 4.31. The summed E-state index contributed by atoms with van der Waals surface area (Å²) in [6.45, 7) is 0.541. The van der Waals surface area contributed by atoms with Crippen LogP contribution in [0.5, 0.6) is 17.2 Å². The van der Waals surface area contributed by atoms with Crippen molar-refractivity contribution in [3.8, 4) is 17.2 Å². The second kappa shape index (κ2) is 8.92. The van der Waals surface area contributed by atoms with Gasteiger partial charge in [0.1, 0.15) is 17.9 Å². The number of halogens is 1. The highest BCUT2D eigenvalue weighted by molar-refractivity contribution is 6.39. The molecule has 0 spiro atoms. The summed E-state index contributed by atoms with van der Waals surface area (Å²) in [5.41, 5.74) is 1.66. The van der Waals surface area contributed by atoms with Crippen molar-refractivity contribution in [3.63, 3.8) is 0 Å². The van der Waals surface area contributed by atoms with E-state index in [2.05, 4.69) is 5.32 Å². The van der Waals surface area contributed by atoms with Crippen molar-refractivity contribution in [2.24, 2.45) is 0 Å². The van der Waals surface area contributed by atoms with Crippen molar-refractivity contribution in [2.45, 2.75) is 6.61 Å². The molecule has 4 amide bonds. The number of anilines is 1. The van der Waals surface area contributed by atoms with Crippen LogP contribution < -0.4 is 24.4 Å². The zero-order valence-electron chi connectivity index (χ0n) is 17.6. The highest BCUT2D eigenvalue weighted by atomic mass is 35.5. The Balaban J connectivity index is 1.30. The summed E-state index contributed by atoms with van der Waals surface area (Å²) < 4.78 is 16.5. The van der Waals surface area contributed by atoms with Gasteiger partial charge in [-0.15, -0.1) is 0 Å². The molecule has 3 aromatic carbocycles. The average molecular weight is 477 g/mol. The number of ether oxygens (including phenoxy) is 3. The van der Waals surface area contributed by atoms with Crippen LogP contribution in [-0.4, -0.2) is 24.6 Å². The SMILES string of the molecule is O=C1NC(=O)N(c2ccc(Cl)cc2)C(=O)/C1=C/c1ccc(OCc2ccc3c(c2)OCO3)cc1. The van der Waals surface area contributed by atoms with Crippen molar-refractivity contribution >= 4 is 41.2 Å². The Hall–Kier alpha value is -4.30. The maximum atomic E-state index is 12.9. The number of imide groups is 2. The number of amides is 4. The third kappa shape index (κ3) is 4.31. The third-order valence-electron chi connectivity index (χ3n) is 5.22. The summed E-state index contributed by atoms with van der Waals surface area (Å²) in [5, 5.41) is 2.65. The predicted molar refractivity (Wildman–Crippen MR) is 124 cm³/mol. The first-order chi connectivity index (χ1) is 16.5. The van der Waals surface area contributed by atoms with Crippen molar-refractivity contribution in [3.05, 3.63) is 88.5 Å². The summed E-state index contributed by atoms with van der Waals surface area (Å²) in [5.74, 6) is 0.517. The first-order valence-electron chi connectivity index (χ1n) is 10.3. The van der Waals surface area contributed by atoms with E-state index in [0.29, 0.717) is 40.1 Å².